The lowest BCUT2D eigenvalue weighted by molar-refractivity contribution is -0.147. The number of carbonyl (C=O) groups excluding carboxylic acids is 2. The molecule has 1 atom stereocenters. The largest absolute Gasteiger partial charge is 0.488 e. The Kier molecular flexibility index (Phi) is 8.62. The van der Waals surface area contributed by atoms with Gasteiger partial charge in [0.25, 0.3) is 0 Å². The number of alkyl carbamates (subject to hydrolysis) is 1. The van der Waals surface area contributed by atoms with Crippen molar-refractivity contribution in [2.45, 2.75) is 58.3 Å². The van der Waals surface area contributed by atoms with Crippen LogP contribution in [0.3, 0.4) is 0 Å². The predicted octanol–water partition coefficient (Wildman–Crippen LogP) is 7.37. The zero-order valence-electron chi connectivity index (χ0n) is 24.6. The maximum absolute atomic E-state index is 13.2. The number of hydrogen-bond acceptors (Lipinski definition) is 5. The number of nitrogens with one attached hydrogen (secondary N) is 1. The van der Waals surface area contributed by atoms with Gasteiger partial charge in [-0.1, -0.05) is 90.5 Å². The van der Waals surface area contributed by atoms with Crippen LogP contribution in [0.15, 0.2) is 97.1 Å². The molecule has 6 nitrogen and oxygen atoms in total. The van der Waals surface area contributed by atoms with Gasteiger partial charge in [0.15, 0.2) is 0 Å². The van der Waals surface area contributed by atoms with E-state index in [-0.39, 0.29) is 31.2 Å². The molecule has 4 aromatic rings. The van der Waals surface area contributed by atoms with Crippen LogP contribution in [0.1, 0.15) is 54.5 Å². The van der Waals surface area contributed by atoms with Crippen LogP contribution in [-0.2, 0) is 27.3 Å². The highest BCUT2D eigenvalue weighted by atomic mass is 16.6. The Bertz CT molecular complexity index is 1490. The molecule has 0 bridgehead atoms. The van der Waals surface area contributed by atoms with Gasteiger partial charge in [-0.3, -0.25) is 0 Å². The van der Waals surface area contributed by atoms with Crippen LogP contribution >= 0.6 is 0 Å². The smallest absolute Gasteiger partial charge is 0.407 e. The van der Waals surface area contributed by atoms with Crippen molar-refractivity contribution in [3.63, 3.8) is 0 Å². The van der Waals surface area contributed by atoms with E-state index in [1.807, 2.05) is 100 Å². The standard InChI is InChI=1S/C36H37NO5/c1-24-13-15-26(16-14-24)22-40-34(38)33(21-25-17-19-27(20-18-25)42-36(2,3)4)37-35(39)41-23-32-30-11-7-5-9-28(30)29-10-6-8-12-31(29)32/h5-20,32-33H,21-23H2,1-4H3,(H,37,39)/t33-/m0/s1. The Morgan fingerprint density at radius 2 is 1.33 bits per heavy atom. The van der Waals surface area contributed by atoms with E-state index >= 15 is 0 Å². The van der Waals surface area contributed by atoms with Gasteiger partial charge in [0.05, 0.1) is 0 Å². The fourth-order valence-corrected chi connectivity index (χ4v) is 5.20. The van der Waals surface area contributed by atoms with Crippen molar-refractivity contribution < 1.29 is 23.8 Å². The van der Waals surface area contributed by atoms with Crippen molar-refractivity contribution in [2.75, 3.05) is 6.61 Å². The maximum Gasteiger partial charge on any atom is 0.407 e. The van der Waals surface area contributed by atoms with Crippen LogP contribution in [-0.4, -0.2) is 30.3 Å². The van der Waals surface area contributed by atoms with E-state index in [0.29, 0.717) is 0 Å². The molecule has 0 spiro atoms. The summed E-state index contributed by atoms with van der Waals surface area (Å²) in [6.07, 6.45) is -0.422. The molecular formula is C36H37NO5. The summed E-state index contributed by atoms with van der Waals surface area (Å²) in [7, 11) is 0. The molecule has 0 radical (unpaired) electrons. The Labute approximate surface area is 247 Å². The van der Waals surface area contributed by atoms with E-state index in [9.17, 15) is 9.59 Å². The van der Waals surface area contributed by atoms with Crippen LogP contribution in [0, 0.1) is 6.92 Å². The van der Waals surface area contributed by atoms with Crippen LogP contribution in [0.4, 0.5) is 4.79 Å². The molecule has 0 unspecified atom stereocenters. The Morgan fingerprint density at radius 3 is 1.93 bits per heavy atom. The monoisotopic (exact) mass is 563 g/mol. The van der Waals surface area contributed by atoms with Crippen molar-refractivity contribution in [3.05, 3.63) is 125 Å². The molecule has 0 aliphatic heterocycles. The SMILES string of the molecule is Cc1ccc(COC(=O)[C@H](Cc2ccc(OC(C)(C)C)cc2)NC(=O)OCC2c3ccccc3-c3ccccc32)cc1. The van der Waals surface area contributed by atoms with Crippen molar-refractivity contribution in [2.24, 2.45) is 0 Å². The average molecular weight is 564 g/mol. The van der Waals surface area contributed by atoms with Crippen LogP contribution < -0.4 is 10.1 Å². The molecular weight excluding hydrogens is 526 g/mol. The number of ether oxygens (including phenoxy) is 3. The average Bonchev–Trinajstić information content (AvgIpc) is 3.29. The van der Waals surface area contributed by atoms with E-state index in [2.05, 4.69) is 29.6 Å². The number of carbonyl (C=O) groups is 2. The highest BCUT2D eigenvalue weighted by Gasteiger charge is 2.30. The number of esters is 1. The molecule has 5 rings (SSSR count). The van der Waals surface area contributed by atoms with E-state index in [1.165, 1.54) is 0 Å². The molecule has 0 fully saturated rings. The molecule has 6 heteroatoms. The molecule has 216 valence electrons. The molecule has 0 heterocycles. The summed E-state index contributed by atoms with van der Waals surface area (Å²) in [6, 6.07) is 30.7. The first kappa shape index (κ1) is 28.9. The normalized spacial score (nSPS) is 13.0. The van der Waals surface area contributed by atoms with Crippen LogP contribution in [0.5, 0.6) is 5.75 Å². The second-order valence-corrected chi connectivity index (χ2v) is 11.7. The first-order chi connectivity index (χ1) is 20.2. The van der Waals surface area contributed by atoms with Gasteiger partial charge in [0.2, 0.25) is 0 Å². The van der Waals surface area contributed by atoms with Gasteiger partial charge in [-0.2, -0.15) is 0 Å². The number of rotatable bonds is 9. The second kappa shape index (κ2) is 12.5. The predicted molar refractivity (Wildman–Crippen MR) is 163 cm³/mol. The van der Waals surface area contributed by atoms with Crippen molar-refractivity contribution in [1.82, 2.24) is 5.32 Å². The third-order valence-electron chi connectivity index (χ3n) is 7.21. The lowest BCUT2D eigenvalue weighted by Gasteiger charge is -2.22. The number of fused-ring (bicyclic) bond motifs is 3. The number of hydrogen-bond donors (Lipinski definition) is 1. The second-order valence-electron chi connectivity index (χ2n) is 11.7. The Hall–Kier alpha value is -4.58. The first-order valence-corrected chi connectivity index (χ1v) is 14.3. The van der Waals surface area contributed by atoms with Crippen molar-refractivity contribution >= 4 is 12.1 Å². The summed E-state index contributed by atoms with van der Waals surface area (Å²) in [5, 5.41) is 2.77. The van der Waals surface area contributed by atoms with Gasteiger partial charge in [0, 0.05) is 12.3 Å². The summed E-state index contributed by atoms with van der Waals surface area (Å²) in [5.41, 5.74) is 7.08. The summed E-state index contributed by atoms with van der Waals surface area (Å²) in [6.45, 7) is 8.23. The van der Waals surface area contributed by atoms with Gasteiger partial charge < -0.3 is 19.5 Å². The zero-order valence-corrected chi connectivity index (χ0v) is 24.6. The molecule has 0 saturated carbocycles. The van der Waals surface area contributed by atoms with E-state index in [0.717, 1.165) is 44.7 Å². The molecule has 1 amide bonds. The highest BCUT2D eigenvalue weighted by Crippen LogP contribution is 2.44. The molecule has 42 heavy (non-hydrogen) atoms. The summed E-state index contributed by atoms with van der Waals surface area (Å²) in [5.74, 6) is 0.124. The van der Waals surface area contributed by atoms with Crippen molar-refractivity contribution in [3.8, 4) is 16.9 Å². The van der Waals surface area contributed by atoms with E-state index in [1.54, 1.807) is 0 Å². The van der Waals surface area contributed by atoms with Gasteiger partial charge in [-0.25, -0.2) is 9.59 Å². The molecule has 1 aliphatic rings. The first-order valence-electron chi connectivity index (χ1n) is 14.3. The number of benzene rings is 4. The zero-order chi connectivity index (χ0) is 29.7. The number of aryl methyl sites for hydroxylation is 1. The summed E-state index contributed by atoms with van der Waals surface area (Å²) < 4.78 is 17.3. The molecule has 1 N–H and O–H groups in total. The molecule has 0 saturated heterocycles. The van der Waals surface area contributed by atoms with Crippen LogP contribution in [0.25, 0.3) is 11.1 Å². The fourth-order valence-electron chi connectivity index (χ4n) is 5.20. The Morgan fingerprint density at radius 1 is 0.762 bits per heavy atom. The molecule has 0 aromatic heterocycles. The fraction of sp³-hybridized carbons (Fsp3) is 0.278. The van der Waals surface area contributed by atoms with Crippen molar-refractivity contribution in [1.29, 1.82) is 0 Å². The lowest BCUT2D eigenvalue weighted by Crippen LogP contribution is -2.43. The van der Waals surface area contributed by atoms with Gasteiger partial charge in [-0.15, -0.1) is 0 Å². The van der Waals surface area contributed by atoms with Gasteiger partial charge in [-0.05, 0) is 73.2 Å². The third kappa shape index (κ3) is 7.19. The minimum Gasteiger partial charge on any atom is -0.488 e. The third-order valence-corrected chi connectivity index (χ3v) is 7.21. The van der Waals surface area contributed by atoms with E-state index in [4.69, 9.17) is 14.2 Å². The van der Waals surface area contributed by atoms with Gasteiger partial charge >= 0.3 is 12.1 Å². The van der Waals surface area contributed by atoms with Crippen LogP contribution in [0.2, 0.25) is 0 Å². The Balaban J connectivity index is 1.27. The number of amides is 1. The summed E-state index contributed by atoms with van der Waals surface area (Å²) >= 11 is 0. The summed E-state index contributed by atoms with van der Waals surface area (Å²) in [4.78, 5) is 26.3. The van der Waals surface area contributed by atoms with Gasteiger partial charge in [0.1, 0.15) is 30.6 Å². The highest BCUT2D eigenvalue weighted by molar-refractivity contribution is 5.82. The maximum atomic E-state index is 13.2. The topological polar surface area (TPSA) is 73.9 Å². The molecule has 1 aliphatic carbocycles. The molecule has 4 aromatic carbocycles. The minimum atomic E-state index is -0.930. The lowest BCUT2D eigenvalue weighted by atomic mass is 9.98. The van der Waals surface area contributed by atoms with E-state index < -0.39 is 18.1 Å². The quantitative estimate of drug-likeness (QED) is 0.215. The minimum absolute atomic E-state index is 0.0783.